The summed E-state index contributed by atoms with van der Waals surface area (Å²) in [7, 11) is 0. The first-order valence-electron chi connectivity index (χ1n) is 8.79. The smallest absolute Gasteiger partial charge is 0.180 e. The van der Waals surface area contributed by atoms with Crippen LogP contribution in [0.25, 0.3) is 0 Å². The molecule has 0 bridgehead atoms. The zero-order chi connectivity index (χ0) is 17.5. The van der Waals surface area contributed by atoms with E-state index >= 15 is 0 Å². The number of aryl methyl sites for hydroxylation is 1. The van der Waals surface area contributed by atoms with E-state index in [1.807, 2.05) is 37.3 Å². The van der Waals surface area contributed by atoms with Crippen LogP contribution in [0.2, 0.25) is 0 Å². The summed E-state index contributed by atoms with van der Waals surface area (Å²) in [5.41, 5.74) is 1.11. The van der Waals surface area contributed by atoms with Crippen LogP contribution in [0.4, 0.5) is 0 Å². The highest BCUT2D eigenvalue weighted by Crippen LogP contribution is 2.19. The van der Waals surface area contributed by atoms with Gasteiger partial charge < -0.3 is 14.6 Å². The van der Waals surface area contributed by atoms with Gasteiger partial charge in [-0.15, -0.1) is 0 Å². The number of β-amino-alcohol motifs (C(OH)–C–C–N with tert-alkyl or cyclic N) is 1. The maximum Gasteiger partial charge on any atom is 0.180 e. The summed E-state index contributed by atoms with van der Waals surface area (Å²) in [5.74, 6) is 1.56. The van der Waals surface area contributed by atoms with Crippen LogP contribution in [0.3, 0.4) is 0 Å². The van der Waals surface area contributed by atoms with Crippen LogP contribution in [0, 0.1) is 0 Å². The Bertz CT molecular complexity index is 634. The van der Waals surface area contributed by atoms with E-state index in [9.17, 15) is 5.11 Å². The van der Waals surface area contributed by atoms with E-state index < -0.39 is 6.10 Å². The molecular formula is C18H26N4O3. The van der Waals surface area contributed by atoms with Gasteiger partial charge in [0.25, 0.3) is 0 Å². The number of hydrogen-bond acceptors (Lipinski definition) is 6. The number of benzene rings is 1. The van der Waals surface area contributed by atoms with Gasteiger partial charge in [-0.1, -0.05) is 37.3 Å². The van der Waals surface area contributed by atoms with E-state index in [0.29, 0.717) is 38.7 Å². The van der Waals surface area contributed by atoms with Gasteiger partial charge in [0.15, 0.2) is 5.82 Å². The van der Waals surface area contributed by atoms with Crippen LogP contribution in [0.1, 0.15) is 30.2 Å². The van der Waals surface area contributed by atoms with Crippen molar-refractivity contribution in [1.82, 2.24) is 20.1 Å². The van der Waals surface area contributed by atoms with Gasteiger partial charge in [-0.3, -0.25) is 10.00 Å². The zero-order valence-corrected chi connectivity index (χ0v) is 14.6. The molecule has 1 aromatic carbocycles. The molecule has 0 spiro atoms. The van der Waals surface area contributed by atoms with Gasteiger partial charge >= 0.3 is 0 Å². The average Bonchev–Trinajstić information content (AvgIpc) is 3.12. The molecule has 1 saturated heterocycles. The molecule has 1 fully saturated rings. The number of aromatic amines is 1. The lowest BCUT2D eigenvalue weighted by atomic mass is 10.2. The molecule has 0 amide bonds. The number of rotatable bonds is 8. The van der Waals surface area contributed by atoms with Crippen molar-refractivity contribution in [2.75, 3.05) is 32.8 Å². The molecule has 136 valence electrons. The molecule has 7 heteroatoms. The molecule has 1 aromatic heterocycles. The Hall–Kier alpha value is -1.80. The highest BCUT2D eigenvalue weighted by atomic mass is 16.5. The Morgan fingerprint density at radius 2 is 2.24 bits per heavy atom. The van der Waals surface area contributed by atoms with Gasteiger partial charge in [-0.25, -0.2) is 4.98 Å². The van der Waals surface area contributed by atoms with Crippen LogP contribution in [-0.4, -0.2) is 64.1 Å². The number of nitrogens with zero attached hydrogens (tertiary/aromatic N) is 3. The second-order valence-corrected chi connectivity index (χ2v) is 6.27. The molecule has 0 unspecified atom stereocenters. The van der Waals surface area contributed by atoms with E-state index in [4.69, 9.17) is 9.47 Å². The van der Waals surface area contributed by atoms with E-state index in [1.54, 1.807) is 0 Å². The van der Waals surface area contributed by atoms with Crippen LogP contribution in [-0.2, 0) is 22.5 Å². The van der Waals surface area contributed by atoms with Crippen molar-refractivity contribution in [2.24, 2.45) is 0 Å². The standard InChI is InChI=1S/C18H26N4O3/c1-2-17-19-18(21-20-17)16-11-22(8-9-25-16)10-15(23)13-24-12-14-6-4-3-5-7-14/h3-7,15-16,23H,2,8-13H2,1H3,(H,19,20,21)/t15-,16+/m0/s1. The maximum absolute atomic E-state index is 10.2. The number of morpholine rings is 1. The summed E-state index contributed by atoms with van der Waals surface area (Å²) in [6.07, 6.45) is 0.143. The highest BCUT2D eigenvalue weighted by Gasteiger charge is 2.26. The molecule has 2 atom stereocenters. The molecule has 7 nitrogen and oxygen atoms in total. The SMILES string of the molecule is CCc1nc([C@H]2CN(C[C@H](O)COCc3ccccc3)CCO2)n[nH]1. The van der Waals surface area contributed by atoms with Gasteiger partial charge in [0.05, 0.1) is 25.9 Å². The lowest BCUT2D eigenvalue weighted by Gasteiger charge is -2.32. The topological polar surface area (TPSA) is 83.5 Å². The third-order valence-electron chi connectivity index (χ3n) is 4.21. The minimum absolute atomic E-state index is 0.150. The van der Waals surface area contributed by atoms with Crippen molar-refractivity contribution in [2.45, 2.75) is 32.2 Å². The summed E-state index contributed by atoms with van der Waals surface area (Å²) in [6, 6.07) is 9.97. The fraction of sp³-hybridized carbons (Fsp3) is 0.556. The predicted molar refractivity (Wildman–Crippen MR) is 93.0 cm³/mol. The minimum Gasteiger partial charge on any atom is -0.389 e. The number of hydrogen-bond donors (Lipinski definition) is 2. The van der Waals surface area contributed by atoms with Crippen molar-refractivity contribution in [3.05, 3.63) is 47.5 Å². The number of nitrogens with one attached hydrogen (secondary N) is 1. The third-order valence-corrected chi connectivity index (χ3v) is 4.21. The van der Waals surface area contributed by atoms with Crippen molar-refractivity contribution < 1.29 is 14.6 Å². The van der Waals surface area contributed by atoms with Crippen molar-refractivity contribution in [3.8, 4) is 0 Å². The molecule has 1 aliphatic rings. The lowest BCUT2D eigenvalue weighted by Crippen LogP contribution is -2.43. The lowest BCUT2D eigenvalue weighted by molar-refractivity contribution is -0.0565. The first kappa shape index (κ1) is 18.0. The average molecular weight is 346 g/mol. The molecule has 2 heterocycles. The number of H-pyrrole nitrogens is 1. The first-order chi connectivity index (χ1) is 12.2. The van der Waals surface area contributed by atoms with E-state index in [1.165, 1.54) is 0 Å². The predicted octanol–water partition coefficient (Wildman–Crippen LogP) is 1.32. The molecule has 0 saturated carbocycles. The van der Waals surface area contributed by atoms with Crippen molar-refractivity contribution in [1.29, 1.82) is 0 Å². The largest absolute Gasteiger partial charge is 0.389 e. The summed E-state index contributed by atoms with van der Waals surface area (Å²) >= 11 is 0. The minimum atomic E-state index is -0.527. The van der Waals surface area contributed by atoms with Crippen LogP contribution >= 0.6 is 0 Å². The fourth-order valence-electron chi connectivity index (χ4n) is 2.87. The Labute approximate surface area is 148 Å². The summed E-state index contributed by atoms with van der Waals surface area (Å²) in [5, 5.41) is 17.4. The van der Waals surface area contributed by atoms with E-state index in [-0.39, 0.29) is 6.10 Å². The molecular weight excluding hydrogens is 320 g/mol. The quantitative estimate of drug-likeness (QED) is 0.750. The van der Waals surface area contributed by atoms with Crippen LogP contribution in [0.15, 0.2) is 30.3 Å². The maximum atomic E-state index is 10.2. The molecule has 3 rings (SSSR count). The van der Waals surface area contributed by atoms with E-state index in [2.05, 4.69) is 20.1 Å². The molecule has 25 heavy (non-hydrogen) atoms. The molecule has 1 aliphatic heterocycles. The summed E-state index contributed by atoms with van der Waals surface area (Å²) in [4.78, 5) is 6.62. The molecule has 0 radical (unpaired) electrons. The van der Waals surface area contributed by atoms with Gasteiger partial charge in [0, 0.05) is 26.1 Å². The van der Waals surface area contributed by atoms with Gasteiger partial charge in [0.1, 0.15) is 11.9 Å². The van der Waals surface area contributed by atoms with Crippen molar-refractivity contribution in [3.63, 3.8) is 0 Å². The summed E-state index contributed by atoms with van der Waals surface area (Å²) < 4.78 is 11.4. The van der Waals surface area contributed by atoms with Gasteiger partial charge in [-0.05, 0) is 5.56 Å². The van der Waals surface area contributed by atoms with Crippen molar-refractivity contribution >= 4 is 0 Å². The number of aliphatic hydroxyl groups is 1. The van der Waals surface area contributed by atoms with Gasteiger partial charge in [0.2, 0.25) is 0 Å². The Balaban J connectivity index is 1.42. The van der Waals surface area contributed by atoms with Gasteiger partial charge in [-0.2, -0.15) is 5.10 Å². The number of aromatic nitrogens is 3. The second kappa shape index (κ2) is 9.05. The summed E-state index contributed by atoms with van der Waals surface area (Å²) in [6.45, 7) is 5.49. The number of ether oxygens (including phenoxy) is 2. The highest BCUT2D eigenvalue weighted by molar-refractivity contribution is 5.13. The molecule has 2 N–H and O–H groups in total. The fourth-order valence-corrected chi connectivity index (χ4v) is 2.87. The monoisotopic (exact) mass is 346 g/mol. The Morgan fingerprint density at radius 1 is 1.40 bits per heavy atom. The Morgan fingerprint density at radius 3 is 3.00 bits per heavy atom. The normalized spacial score (nSPS) is 19.8. The molecule has 0 aliphatic carbocycles. The zero-order valence-electron chi connectivity index (χ0n) is 14.6. The van der Waals surface area contributed by atoms with Crippen LogP contribution in [0.5, 0.6) is 0 Å². The van der Waals surface area contributed by atoms with Crippen LogP contribution < -0.4 is 0 Å². The first-order valence-corrected chi connectivity index (χ1v) is 8.79. The third kappa shape index (κ3) is 5.34. The second-order valence-electron chi connectivity index (χ2n) is 6.27. The Kier molecular flexibility index (Phi) is 6.52. The molecule has 2 aromatic rings. The van der Waals surface area contributed by atoms with E-state index in [0.717, 1.165) is 24.4 Å². The number of aliphatic hydroxyl groups excluding tert-OH is 1.